The maximum absolute atomic E-state index is 5.87. The molecule has 1 unspecified atom stereocenters. The van der Waals surface area contributed by atoms with Crippen LogP contribution < -0.4 is 0 Å². The van der Waals surface area contributed by atoms with Crippen molar-refractivity contribution >= 4 is 8.56 Å². The van der Waals surface area contributed by atoms with Gasteiger partial charge >= 0.3 is 8.56 Å². The average molecular weight is 244 g/mol. The Labute approximate surface area is 102 Å². The predicted molar refractivity (Wildman–Crippen MR) is 72.7 cm³/mol. The van der Waals surface area contributed by atoms with Crippen molar-refractivity contribution in [3.63, 3.8) is 0 Å². The maximum atomic E-state index is 5.87. The fourth-order valence-corrected chi connectivity index (χ4v) is 2.83. The number of hydrogen-bond donors (Lipinski definition) is 0. The molecular weight excluding hydrogens is 216 g/mol. The van der Waals surface area contributed by atoms with Gasteiger partial charge in [0.1, 0.15) is 0 Å². The first kappa shape index (κ1) is 15.9. The zero-order valence-corrected chi connectivity index (χ0v) is 12.4. The van der Waals surface area contributed by atoms with E-state index in [-0.39, 0.29) is 0 Å². The average Bonchev–Trinajstić information content (AvgIpc) is 2.26. The Hall–Kier alpha value is -0.123. The molecule has 0 spiro atoms. The van der Waals surface area contributed by atoms with Crippen molar-refractivity contribution in [1.29, 1.82) is 0 Å². The van der Waals surface area contributed by atoms with Crippen molar-refractivity contribution in [3.8, 4) is 0 Å². The Morgan fingerprint density at radius 3 is 2.38 bits per heavy atom. The molecule has 0 heterocycles. The normalized spacial score (nSPS) is 15.1. The van der Waals surface area contributed by atoms with Crippen LogP contribution in [0.5, 0.6) is 0 Å². The highest BCUT2D eigenvalue weighted by Crippen LogP contribution is 2.12. The van der Waals surface area contributed by atoms with E-state index in [0.29, 0.717) is 5.92 Å². The third-order valence-corrected chi connectivity index (χ3v) is 4.72. The first-order chi connectivity index (χ1) is 7.54. The molecule has 0 aliphatic carbocycles. The highest BCUT2D eigenvalue weighted by Gasteiger charge is 2.27. The van der Waals surface area contributed by atoms with E-state index in [1.165, 1.54) is 19.3 Å². The van der Waals surface area contributed by atoms with E-state index in [0.717, 1.165) is 19.6 Å². The van der Waals surface area contributed by atoms with Crippen LogP contribution in [0.25, 0.3) is 0 Å². The number of rotatable bonds is 10. The molecule has 0 fully saturated rings. The maximum Gasteiger partial charge on any atom is 0.361 e. The minimum atomic E-state index is -2.08. The molecule has 0 aromatic heterocycles. The molecule has 0 aliphatic rings. The molecule has 0 N–H and O–H groups in total. The second kappa shape index (κ2) is 8.96. The van der Waals surface area contributed by atoms with Gasteiger partial charge in [-0.2, -0.15) is 0 Å². The Balaban J connectivity index is 3.74. The van der Waals surface area contributed by atoms with Gasteiger partial charge in [-0.25, -0.2) is 0 Å². The predicted octanol–water partition coefficient (Wildman–Crippen LogP) is 4.05. The molecule has 0 aromatic carbocycles. The summed E-state index contributed by atoms with van der Waals surface area (Å²) in [7, 11) is -2.08. The van der Waals surface area contributed by atoms with Crippen LogP contribution in [0.2, 0.25) is 6.55 Å². The lowest BCUT2D eigenvalue weighted by atomic mass is 10.2. The first-order valence-electron chi connectivity index (χ1n) is 6.45. The van der Waals surface area contributed by atoms with E-state index in [9.17, 15) is 0 Å². The van der Waals surface area contributed by atoms with Gasteiger partial charge in [0.15, 0.2) is 0 Å². The van der Waals surface area contributed by atoms with Crippen LogP contribution in [0.1, 0.15) is 46.5 Å². The quantitative estimate of drug-likeness (QED) is 0.426. The summed E-state index contributed by atoms with van der Waals surface area (Å²) < 4.78 is 11.7. The van der Waals surface area contributed by atoms with Crippen molar-refractivity contribution in [2.75, 3.05) is 13.2 Å². The van der Waals surface area contributed by atoms with E-state index in [1.807, 2.05) is 5.70 Å². The van der Waals surface area contributed by atoms with Gasteiger partial charge in [-0.1, -0.05) is 40.0 Å². The lowest BCUT2D eigenvalue weighted by molar-refractivity contribution is 0.164. The summed E-state index contributed by atoms with van der Waals surface area (Å²) in [6.07, 6.45) is 4.94. The molecule has 3 heteroatoms. The third kappa shape index (κ3) is 8.08. The van der Waals surface area contributed by atoms with Crippen molar-refractivity contribution in [2.45, 2.75) is 53.0 Å². The highest BCUT2D eigenvalue weighted by molar-refractivity contribution is 6.71. The van der Waals surface area contributed by atoms with Gasteiger partial charge in [0.2, 0.25) is 0 Å². The molecular formula is C13H28O2Si. The highest BCUT2D eigenvalue weighted by atomic mass is 28.4. The molecule has 0 saturated carbocycles. The van der Waals surface area contributed by atoms with Crippen LogP contribution in [-0.2, 0) is 8.85 Å². The summed E-state index contributed by atoms with van der Waals surface area (Å²) in [4.78, 5) is 0. The first-order valence-corrected chi connectivity index (χ1v) is 8.85. The van der Waals surface area contributed by atoms with Gasteiger partial charge in [-0.15, -0.1) is 6.58 Å². The molecule has 0 rings (SSSR count). The summed E-state index contributed by atoms with van der Waals surface area (Å²) in [6, 6.07) is 0. The molecule has 0 amide bonds. The molecule has 1 atom stereocenters. The van der Waals surface area contributed by atoms with Gasteiger partial charge in [0.05, 0.1) is 0 Å². The van der Waals surface area contributed by atoms with Crippen molar-refractivity contribution in [3.05, 3.63) is 12.3 Å². The summed E-state index contributed by atoms with van der Waals surface area (Å²) in [5.41, 5.74) is 1.88. The number of hydrogen-bond acceptors (Lipinski definition) is 2. The Kier molecular flexibility index (Phi) is 8.90. The fourth-order valence-electron chi connectivity index (χ4n) is 1.30. The van der Waals surface area contributed by atoms with Crippen LogP contribution >= 0.6 is 0 Å². The lowest BCUT2D eigenvalue weighted by Gasteiger charge is -2.24. The SMILES string of the molecule is C=C[Si](C)(OCCCCCC)OCC(C)C. The van der Waals surface area contributed by atoms with Gasteiger partial charge in [0, 0.05) is 13.2 Å². The number of unbranched alkanes of at least 4 members (excludes halogenated alkanes) is 3. The van der Waals surface area contributed by atoms with E-state index < -0.39 is 8.56 Å². The van der Waals surface area contributed by atoms with Crippen LogP contribution in [0.4, 0.5) is 0 Å². The summed E-state index contributed by atoms with van der Waals surface area (Å²) in [5, 5.41) is 0. The zero-order valence-electron chi connectivity index (χ0n) is 11.4. The molecule has 0 bridgehead atoms. The molecule has 96 valence electrons. The third-order valence-electron chi connectivity index (χ3n) is 2.46. The Bertz CT molecular complexity index is 183. The molecule has 0 radical (unpaired) electrons. The van der Waals surface area contributed by atoms with Gasteiger partial charge in [0.25, 0.3) is 0 Å². The van der Waals surface area contributed by atoms with E-state index in [2.05, 4.69) is 33.9 Å². The summed E-state index contributed by atoms with van der Waals surface area (Å²) in [5.74, 6) is 0.551. The summed E-state index contributed by atoms with van der Waals surface area (Å²) in [6.45, 7) is 14.0. The van der Waals surface area contributed by atoms with Crippen LogP contribution in [0.3, 0.4) is 0 Å². The minimum absolute atomic E-state index is 0.551. The van der Waals surface area contributed by atoms with E-state index in [4.69, 9.17) is 8.85 Å². The van der Waals surface area contributed by atoms with Crippen LogP contribution in [-0.4, -0.2) is 21.8 Å². The van der Waals surface area contributed by atoms with Crippen molar-refractivity contribution in [1.82, 2.24) is 0 Å². The second-order valence-corrected chi connectivity index (χ2v) is 7.85. The zero-order chi connectivity index (χ0) is 12.4. The van der Waals surface area contributed by atoms with E-state index >= 15 is 0 Å². The molecule has 16 heavy (non-hydrogen) atoms. The fraction of sp³-hybridized carbons (Fsp3) is 0.846. The smallest absolute Gasteiger partial charge is 0.361 e. The molecule has 0 saturated heterocycles. The molecule has 2 nitrogen and oxygen atoms in total. The topological polar surface area (TPSA) is 18.5 Å². The van der Waals surface area contributed by atoms with Gasteiger partial charge in [-0.05, 0) is 24.6 Å². The Morgan fingerprint density at radius 1 is 1.19 bits per heavy atom. The standard InChI is InChI=1S/C13H28O2Si/c1-6-8-9-10-11-14-16(5,7-2)15-12-13(3)4/h7,13H,2,6,8-12H2,1,3-5H3. The second-order valence-electron chi connectivity index (χ2n) is 4.83. The monoisotopic (exact) mass is 244 g/mol. The minimum Gasteiger partial charge on any atom is -0.391 e. The van der Waals surface area contributed by atoms with Gasteiger partial charge in [-0.3, -0.25) is 0 Å². The molecule has 0 aromatic rings. The summed E-state index contributed by atoms with van der Waals surface area (Å²) >= 11 is 0. The van der Waals surface area contributed by atoms with Crippen LogP contribution in [0.15, 0.2) is 12.3 Å². The lowest BCUT2D eigenvalue weighted by Crippen LogP contribution is -2.38. The van der Waals surface area contributed by atoms with Gasteiger partial charge < -0.3 is 8.85 Å². The Morgan fingerprint density at radius 2 is 1.88 bits per heavy atom. The van der Waals surface area contributed by atoms with E-state index in [1.54, 1.807) is 0 Å². The van der Waals surface area contributed by atoms with Crippen molar-refractivity contribution in [2.24, 2.45) is 5.92 Å². The van der Waals surface area contributed by atoms with Crippen LogP contribution in [0, 0.1) is 5.92 Å². The van der Waals surface area contributed by atoms with Crippen molar-refractivity contribution < 1.29 is 8.85 Å². The largest absolute Gasteiger partial charge is 0.391 e. The molecule has 0 aliphatic heterocycles.